The summed E-state index contributed by atoms with van der Waals surface area (Å²) in [4.78, 5) is 23.3. The van der Waals surface area contributed by atoms with Crippen molar-refractivity contribution in [3.8, 4) is 0 Å². The summed E-state index contributed by atoms with van der Waals surface area (Å²) in [6, 6.07) is 0. The molecule has 0 aliphatic carbocycles. The highest BCUT2D eigenvalue weighted by molar-refractivity contribution is 7.99. The zero-order valence-electron chi connectivity index (χ0n) is 24.6. The summed E-state index contributed by atoms with van der Waals surface area (Å²) in [7, 11) is 0.573. The summed E-state index contributed by atoms with van der Waals surface area (Å²) in [6.07, 6.45) is 22.2. The zero-order chi connectivity index (χ0) is 27.6. The van der Waals surface area contributed by atoms with Gasteiger partial charge in [-0.3, -0.25) is 4.57 Å². The quantitative estimate of drug-likeness (QED) is 0.0234. The summed E-state index contributed by atoms with van der Waals surface area (Å²) >= 11 is 1.92. The number of ether oxygens (including phenoxy) is 2. The highest BCUT2D eigenvalue weighted by Crippen LogP contribution is 2.32. The molecule has 0 spiro atoms. The largest absolute Gasteiger partial charge is 0.464 e. The second-order valence-electron chi connectivity index (χ2n) is 10.0. The SMILES string of the molecule is CCCCCCCCCCCCCSC(CCCCCCC)C(C)OOC(OCCC)(P=O)C(=O)OC. The predicted octanol–water partition coefficient (Wildman–Crippen LogP) is 9.64. The van der Waals surface area contributed by atoms with E-state index in [-0.39, 0.29) is 18.0 Å². The smallest absolute Gasteiger partial charge is 0.382 e. The Kier molecular flexibility index (Phi) is 25.9. The molecule has 0 saturated heterocycles. The van der Waals surface area contributed by atoms with Crippen molar-refractivity contribution >= 4 is 26.2 Å². The van der Waals surface area contributed by atoms with Crippen LogP contribution in [0.4, 0.5) is 0 Å². The lowest BCUT2D eigenvalue weighted by atomic mass is 10.1. The lowest BCUT2D eigenvalue weighted by Gasteiger charge is -2.28. The second-order valence-corrected chi connectivity index (χ2v) is 12.2. The van der Waals surface area contributed by atoms with Crippen molar-refractivity contribution in [1.82, 2.24) is 0 Å². The van der Waals surface area contributed by atoms with Gasteiger partial charge in [0.2, 0.25) is 8.46 Å². The first kappa shape index (κ1) is 36.8. The first-order valence-electron chi connectivity index (χ1n) is 15.0. The molecule has 0 N–H and O–H groups in total. The Bertz CT molecular complexity index is 539. The molecule has 3 unspecified atom stereocenters. The molecule has 0 aromatic carbocycles. The van der Waals surface area contributed by atoms with Gasteiger partial charge in [-0.1, -0.05) is 117 Å². The fourth-order valence-corrected chi connectivity index (χ4v) is 5.88. The Morgan fingerprint density at radius 1 is 0.784 bits per heavy atom. The highest BCUT2D eigenvalue weighted by Gasteiger charge is 2.47. The Labute approximate surface area is 234 Å². The highest BCUT2D eigenvalue weighted by atomic mass is 32.2. The Hall–Kier alpha value is -0.200. The second kappa shape index (κ2) is 26.0. The fraction of sp³-hybridized carbons (Fsp3) is 0.966. The topological polar surface area (TPSA) is 71.1 Å². The van der Waals surface area contributed by atoms with Crippen molar-refractivity contribution in [2.75, 3.05) is 19.5 Å². The van der Waals surface area contributed by atoms with Crippen molar-refractivity contribution < 1.29 is 28.6 Å². The molecule has 0 heterocycles. The number of thioether (sulfide) groups is 1. The molecule has 37 heavy (non-hydrogen) atoms. The first-order chi connectivity index (χ1) is 18.0. The number of unbranched alkanes of at least 4 members (excludes halogenated alkanes) is 14. The van der Waals surface area contributed by atoms with Gasteiger partial charge in [-0.2, -0.15) is 16.6 Å². The van der Waals surface area contributed by atoms with E-state index in [1.807, 2.05) is 25.6 Å². The van der Waals surface area contributed by atoms with Crippen LogP contribution in [-0.4, -0.2) is 42.3 Å². The summed E-state index contributed by atoms with van der Waals surface area (Å²) in [5.41, 5.74) is -2.08. The van der Waals surface area contributed by atoms with Gasteiger partial charge in [-0.15, -0.1) is 0 Å². The molecule has 0 aliphatic rings. The van der Waals surface area contributed by atoms with E-state index in [4.69, 9.17) is 19.2 Å². The average molecular weight is 565 g/mol. The number of carbonyl (C=O) groups is 1. The van der Waals surface area contributed by atoms with E-state index < -0.39 is 20.0 Å². The lowest BCUT2D eigenvalue weighted by Crippen LogP contribution is -2.42. The molecule has 6 nitrogen and oxygen atoms in total. The van der Waals surface area contributed by atoms with Crippen molar-refractivity contribution in [2.24, 2.45) is 0 Å². The minimum Gasteiger partial charge on any atom is -0.464 e. The van der Waals surface area contributed by atoms with Gasteiger partial charge < -0.3 is 9.47 Å². The van der Waals surface area contributed by atoms with Gasteiger partial charge in [0.25, 0.3) is 0 Å². The number of methoxy groups -OCH3 is 1. The van der Waals surface area contributed by atoms with Crippen LogP contribution in [-0.2, 0) is 28.6 Å². The standard InChI is InChI=1S/C29H57O6PS/c1-6-9-11-13-14-15-16-17-18-20-22-25-37-27(23-21-19-12-10-7-2)26(4)34-35-29(36-31,28(30)32-5)33-24-8-3/h26-27H,6-25H2,1-5H3. The van der Waals surface area contributed by atoms with Crippen LogP contribution >= 0.6 is 20.2 Å². The van der Waals surface area contributed by atoms with E-state index in [0.717, 1.165) is 18.6 Å². The molecule has 0 aromatic rings. The molecule has 8 heteroatoms. The van der Waals surface area contributed by atoms with Gasteiger partial charge in [-0.25, -0.2) is 9.68 Å². The molecule has 0 fully saturated rings. The lowest BCUT2D eigenvalue weighted by molar-refractivity contribution is -0.402. The van der Waals surface area contributed by atoms with Crippen LogP contribution in [0.5, 0.6) is 0 Å². The fourth-order valence-electron chi connectivity index (χ4n) is 4.17. The maximum atomic E-state index is 12.3. The van der Waals surface area contributed by atoms with Crippen molar-refractivity contribution in [3.05, 3.63) is 0 Å². The van der Waals surface area contributed by atoms with Crippen LogP contribution < -0.4 is 0 Å². The summed E-state index contributed by atoms with van der Waals surface area (Å²) < 4.78 is 22.1. The molecule has 3 atom stereocenters. The van der Waals surface area contributed by atoms with E-state index in [0.29, 0.717) is 6.42 Å². The van der Waals surface area contributed by atoms with Crippen molar-refractivity contribution in [2.45, 2.75) is 160 Å². The third kappa shape index (κ3) is 18.7. The van der Waals surface area contributed by atoms with Crippen LogP contribution in [0.3, 0.4) is 0 Å². The summed E-state index contributed by atoms with van der Waals surface area (Å²) in [5, 5.41) is 0.231. The molecule has 0 rings (SSSR count). The van der Waals surface area contributed by atoms with E-state index in [1.165, 1.54) is 103 Å². The molecule has 0 radical (unpaired) electrons. The maximum absolute atomic E-state index is 12.3. The minimum absolute atomic E-state index is 0.205. The van der Waals surface area contributed by atoms with Crippen LogP contribution in [0.15, 0.2) is 0 Å². The molecular formula is C29H57O6PS. The first-order valence-corrected chi connectivity index (χ1v) is 16.9. The molecule has 0 aromatic heterocycles. The molecule has 0 aliphatic heterocycles. The van der Waals surface area contributed by atoms with Crippen LogP contribution in [0.25, 0.3) is 0 Å². The Morgan fingerprint density at radius 2 is 1.30 bits per heavy atom. The van der Waals surface area contributed by atoms with E-state index >= 15 is 0 Å². The molecule has 220 valence electrons. The van der Waals surface area contributed by atoms with Gasteiger partial charge >= 0.3 is 11.5 Å². The van der Waals surface area contributed by atoms with Crippen molar-refractivity contribution in [3.63, 3.8) is 0 Å². The van der Waals surface area contributed by atoms with Gasteiger partial charge in [0.15, 0.2) is 0 Å². The van der Waals surface area contributed by atoms with Gasteiger partial charge in [0, 0.05) is 5.25 Å². The number of rotatable bonds is 28. The normalized spacial score (nSPS) is 14.9. The third-order valence-electron chi connectivity index (χ3n) is 6.57. The molecule has 0 amide bonds. The number of carbonyl (C=O) groups excluding carboxylic acids is 1. The van der Waals surface area contributed by atoms with E-state index in [9.17, 15) is 9.36 Å². The third-order valence-corrected chi connectivity index (χ3v) is 8.77. The maximum Gasteiger partial charge on any atom is 0.382 e. The number of hydrogen-bond acceptors (Lipinski definition) is 7. The Balaban J connectivity index is 4.56. The van der Waals surface area contributed by atoms with E-state index in [1.54, 1.807) is 0 Å². The van der Waals surface area contributed by atoms with Gasteiger partial charge in [0.1, 0.15) is 6.10 Å². The minimum atomic E-state index is -2.08. The predicted molar refractivity (Wildman–Crippen MR) is 156 cm³/mol. The van der Waals surface area contributed by atoms with Crippen molar-refractivity contribution in [1.29, 1.82) is 0 Å². The van der Waals surface area contributed by atoms with Gasteiger partial charge in [-0.05, 0) is 31.9 Å². The zero-order valence-corrected chi connectivity index (χ0v) is 26.3. The number of esters is 1. The van der Waals surface area contributed by atoms with Crippen LogP contribution in [0.1, 0.15) is 143 Å². The monoisotopic (exact) mass is 564 g/mol. The molecular weight excluding hydrogens is 507 g/mol. The van der Waals surface area contributed by atoms with Gasteiger partial charge in [0.05, 0.1) is 13.7 Å². The molecule has 0 saturated carbocycles. The summed E-state index contributed by atoms with van der Waals surface area (Å²) in [6.45, 7) is 8.55. The van der Waals surface area contributed by atoms with Crippen LogP contribution in [0.2, 0.25) is 0 Å². The average Bonchev–Trinajstić information content (AvgIpc) is 2.92. The van der Waals surface area contributed by atoms with E-state index in [2.05, 4.69) is 13.8 Å². The van der Waals surface area contributed by atoms with Crippen LogP contribution in [0, 0.1) is 0 Å². The number of hydrogen-bond donors (Lipinski definition) is 0. The Morgan fingerprint density at radius 3 is 1.78 bits per heavy atom. The summed E-state index contributed by atoms with van der Waals surface area (Å²) in [5.74, 6) is 0.216. The molecule has 0 bridgehead atoms.